The highest BCUT2D eigenvalue weighted by molar-refractivity contribution is 5.91. The fraction of sp³-hybridized carbons (Fsp3) is 0.639. The molecule has 0 fully saturated rings. The molecule has 0 aromatic heterocycles. The average Bonchev–Trinajstić information content (AvgIpc) is 2.96. The number of aryl methyl sites for hydroxylation is 1. The lowest BCUT2D eigenvalue weighted by atomic mass is 10.0. The maximum atomic E-state index is 12.8. The van der Waals surface area contributed by atoms with E-state index in [4.69, 9.17) is 9.47 Å². The van der Waals surface area contributed by atoms with E-state index < -0.39 is 0 Å². The van der Waals surface area contributed by atoms with Crippen LogP contribution in [0.4, 0.5) is 0 Å². The zero-order valence-electron chi connectivity index (χ0n) is 25.4. The van der Waals surface area contributed by atoms with Crippen molar-refractivity contribution in [1.29, 1.82) is 0 Å². The summed E-state index contributed by atoms with van der Waals surface area (Å²) in [5, 5.41) is 0. The first-order chi connectivity index (χ1) is 19.2. The number of hydrogen-bond donors (Lipinski definition) is 0. The van der Waals surface area contributed by atoms with Gasteiger partial charge in [0, 0.05) is 6.61 Å². The Bertz CT molecular complexity index is 873. The predicted molar refractivity (Wildman–Crippen MR) is 166 cm³/mol. The van der Waals surface area contributed by atoms with Gasteiger partial charge in [-0.1, -0.05) is 140 Å². The Labute approximate surface area is 240 Å². The molecule has 0 bridgehead atoms. The highest BCUT2D eigenvalue weighted by atomic mass is 16.5. The van der Waals surface area contributed by atoms with Gasteiger partial charge in [0.2, 0.25) is 0 Å². The van der Waals surface area contributed by atoms with Crippen molar-refractivity contribution in [3.05, 3.63) is 65.2 Å². The van der Waals surface area contributed by atoms with Gasteiger partial charge in [-0.3, -0.25) is 0 Å². The highest BCUT2D eigenvalue weighted by Gasteiger charge is 2.13. The third-order valence-electron chi connectivity index (χ3n) is 7.71. The van der Waals surface area contributed by atoms with Crippen molar-refractivity contribution in [2.24, 2.45) is 0 Å². The van der Waals surface area contributed by atoms with Crippen molar-refractivity contribution in [2.75, 3.05) is 6.61 Å². The van der Waals surface area contributed by atoms with Crippen molar-refractivity contribution in [3.8, 4) is 5.75 Å². The lowest BCUT2D eigenvalue weighted by molar-refractivity contribution is 0.0626. The molecule has 2 aromatic rings. The molecule has 0 radical (unpaired) electrons. The van der Waals surface area contributed by atoms with Gasteiger partial charge in [-0.25, -0.2) is 4.79 Å². The molecule has 3 heteroatoms. The molecular formula is C36H56O3. The molecule has 0 N–H and O–H groups in total. The number of carbonyl (C=O) groups is 1. The number of rotatable bonds is 23. The number of benzene rings is 2. The fourth-order valence-corrected chi connectivity index (χ4v) is 5.08. The number of unbranched alkanes of at least 4 members (excludes halogenated alkanes) is 15. The number of para-hydroxylation sites is 1. The van der Waals surface area contributed by atoms with Crippen molar-refractivity contribution in [2.45, 2.75) is 142 Å². The van der Waals surface area contributed by atoms with E-state index in [2.05, 4.69) is 26.8 Å². The van der Waals surface area contributed by atoms with Crippen LogP contribution in [0.1, 0.15) is 158 Å². The van der Waals surface area contributed by atoms with E-state index in [0.29, 0.717) is 11.3 Å². The predicted octanol–water partition coefficient (Wildman–Crippen LogP) is 11.2. The number of hydrogen-bond acceptors (Lipinski definition) is 3. The number of carbonyl (C=O) groups excluding carboxylic acids is 1. The van der Waals surface area contributed by atoms with E-state index in [1.807, 2.05) is 42.5 Å². The van der Waals surface area contributed by atoms with Gasteiger partial charge in [0.1, 0.15) is 5.75 Å². The molecule has 2 rings (SSSR count). The summed E-state index contributed by atoms with van der Waals surface area (Å²) in [6.07, 6.45) is 23.4. The molecule has 218 valence electrons. The third kappa shape index (κ3) is 14.7. The minimum absolute atomic E-state index is 0.0243. The van der Waals surface area contributed by atoms with Crippen LogP contribution in [-0.2, 0) is 11.2 Å². The van der Waals surface area contributed by atoms with Crippen LogP contribution < -0.4 is 4.74 Å². The molecule has 3 nitrogen and oxygen atoms in total. The van der Waals surface area contributed by atoms with Crippen LogP contribution in [0.5, 0.6) is 5.75 Å². The Hall–Kier alpha value is -2.13. The van der Waals surface area contributed by atoms with Gasteiger partial charge in [-0.2, -0.15) is 0 Å². The van der Waals surface area contributed by atoms with Crippen molar-refractivity contribution in [3.63, 3.8) is 0 Å². The van der Waals surface area contributed by atoms with Crippen molar-refractivity contribution < 1.29 is 14.3 Å². The summed E-state index contributed by atoms with van der Waals surface area (Å²) < 4.78 is 11.9. The van der Waals surface area contributed by atoms with E-state index in [1.165, 1.54) is 96.3 Å². The van der Waals surface area contributed by atoms with Crippen LogP contribution in [0.2, 0.25) is 0 Å². The second-order valence-electron chi connectivity index (χ2n) is 11.2. The Kier molecular flexibility index (Phi) is 18.4. The number of ether oxygens (including phenoxy) is 2. The molecule has 0 aliphatic heterocycles. The summed E-state index contributed by atoms with van der Waals surface area (Å²) in [4.78, 5) is 12.8. The van der Waals surface area contributed by atoms with Crippen LogP contribution in [0.15, 0.2) is 48.5 Å². The molecule has 0 saturated heterocycles. The Morgan fingerprint density at radius 1 is 0.641 bits per heavy atom. The van der Waals surface area contributed by atoms with Gasteiger partial charge in [-0.05, 0) is 55.5 Å². The van der Waals surface area contributed by atoms with Gasteiger partial charge >= 0.3 is 5.97 Å². The van der Waals surface area contributed by atoms with Crippen LogP contribution in [0, 0.1) is 0 Å². The van der Waals surface area contributed by atoms with E-state index in [-0.39, 0.29) is 12.1 Å². The summed E-state index contributed by atoms with van der Waals surface area (Å²) in [5.74, 6) is 0.376. The topological polar surface area (TPSA) is 35.5 Å². The smallest absolute Gasteiger partial charge is 0.343 e. The van der Waals surface area contributed by atoms with Gasteiger partial charge in [0.25, 0.3) is 0 Å². The monoisotopic (exact) mass is 536 g/mol. The molecule has 0 aliphatic carbocycles. The summed E-state index contributed by atoms with van der Waals surface area (Å²) >= 11 is 0. The van der Waals surface area contributed by atoms with Gasteiger partial charge in [0.15, 0.2) is 0 Å². The van der Waals surface area contributed by atoms with E-state index in [0.717, 1.165) is 37.0 Å². The first-order valence-electron chi connectivity index (χ1n) is 16.2. The molecule has 0 aliphatic rings. The van der Waals surface area contributed by atoms with E-state index in [9.17, 15) is 4.79 Å². The summed E-state index contributed by atoms with van der Waals surface area (Å²) in [6.45, 7) is 7.37. The van der Waals surface area contributed by atoms with E-state index in [1.54, 1.807) is 0 Å². The first kappa shape index (κ1) is 33.1. The molecule has 1 atom stereocenters. The quantitative estimate of drug-likeness (QED) is 0.0804. The lowest BCUT2D eigenvalue weighted by Gasteiger charge is -2.14. The molecule has 0 amide bonds. The van der Waals surface area contributed by atoms with Gasteiger partial charge in [-0.15, -0.1) is 0 Å². The lowest BCUT2D eigenvalue weighted by Crippen LogP contribution is -2.10. The summed E-state index contributed by atoms with van der Waals surface area (Å²) in [7, 11) is 0. The van der Waals surface area contributed by atoms with E-state index >= 15 is 0 Å². The standard InChI is InChI=1S/C36H56O3/c1-4-6-8-10-11-12-13-14-15-16-17-18-22-30-38-31(3)32-26-28-34(29-27-32)36(37)39-35-25-21-20-24-33(35)23-19-9-7-5-2/h20-21,24-29,31H,4-19,22-23,30H2,1-3H3. The first-order valence-corrected chi connectivity index (χ1v) is 16.2. The fourth-order valence-electron chi connectivity index (χ4n) is 5.08. The van der Waals surface area contributed by atoms with Crippen molar-refractivity contribution >= 4 is 5.97 Å². The Balaban J connectivity index is 1.60. The molecule has 0 saturated carbocycles. The summed E-state index contributed by atoms with van der Waals surface area (Å²) in [5.41, 5.74) is 2.77. The van der Waals surface area contributed by atoms with Crippen molar-refractivity contribution in [1.82, 2.24) is 0 Å². The van der Waals surface area contributed by atoms with Crippen LogP contribution in [0.25, 0.3) is 0 Å². The Morgan fingerprint density at radius 3 is 1.74 bits per heavy atom. The minimum Gasteiger partial charge on any atom is -0.423 e. The molecule has 1 unspecified atom stereocenters. The van der Waals surface area contributed by atoms with Crippen LogP contribution in [-0.4, -0.2) is 12.6 Å². The SMILES string of the molecule is CCCCCCCCCCCCCCCOC(C)c1ccc(C(=O)Oc2ccccc2CCCCCC)cc1. The molecule has 0 spiro atoms. The largest absolute Gasteiger partial charge is 0.423 e. The molecular weight excluding hydrogens is 480 g/mol. The zero-order valence-corrected chi connectivity index (χ0v) is 25.4. The summed E-state index contributed by atoms with van der Waals surface area (Å²) in [6, 6.07) is 15.6. The molecule has 39 heavy (non-hydrogen) atoms. The second-order valence-corrected chi connectivity index (χ2v) is 11.2. The second kappa shape index (κ2) is 21.7. The molecule has 0 heterocycles. The average molecular weight is 537 g/mol. The molecule has 2 aromatic carbocycles. The minimum atomic E-state index is -0.303. The Morgan fingerprint density at radius 2 is 1.15 bits per heavy atom. The number of esters is 1. The maximum Gasteiger partial charge on any atom is 0.343 e. The van der Waals surface area contributed by atoms with Gasteiger partial charge < -0.3 is 9.47 Å². The van der Waals surface area contributed by atoms with Crippen LogP contribution in [0.3, 0.4) is 0 Å². The maximum absolute atomic E-state index is 12.8. The highest BCUT2D eigenvalue weighted by Crippen LogP contribution is 2.23. The normalized spacial score (nSPS) is 12.0. The van der Waals surface area contributed by atoms with Crippen LogP contribution >= 0.6 is 0 Å². The van der Waals surface area contributed by atoms with Gasteiger partial charge in [0.05, 0.1) is 11.7 Å². The third-order valence-corrected chi connectivity index (χ3v) is 7.71. The zero-order chi connectivity index (χ0) is 28.0.